The highest BCUT2D eigenvalue weighted by atomic mass is 16.5. The second-order valence-corrected chi connectivity index (χ2v) is 5.26. The highest BCUT2D eigenvalue weighted by Crippen LogP contribution is 2.30. The molecule has 1 aliphatic carbocycles. The van der Waals surface area contributed by atoms with Gasteiger partial charge in [-0.15, -0.1) is 10.2 Å². The van der Waals surface area contributed by atoms with Gasteiger partial charge in [-0.2, -0.15) is 0 Å². The van der Waals surface area contributed by atoms with Gasteiger partial charge in [0, 0.05) is 13.7 Å². The number of carboxylic acids is 1. The summed E-state index contributed by atoms with van der Waals surface area (Å²) in [4.78, 5) is 10.9. The lowest BCUT2D eigenvalue weighted by atomic mass is 9.82. The van der Waals surface area contributed by atoms with Crippen molar-refractivity contribution in [2.45, 2.75) is 45.8 Å². The van der Waals surface area contributed by atoms with Crippen LogP contribution < -0.4 is 0 Å². The first kappa shape index (κ1) is 14.0. The van der Waals surface area contributed by atoms with Crippen LogP contribution in [0.15, 0.2) is 0 Å². The van der Waals surface area contributed by atoms with Gasteiger partial charge in [0.15, 0.2) is 5.82 Å². The second kappa shape index (κ2) is 6.14. The fourth-order valence-corrected chi connectivity index (χ4v) is 2.75. The third-order valence-electron chi connectivity index (χ3n) is 3.92. The number of carboxylic acid groups (broad SMARTS) is 1. The maximum absolute atomic E-state index is 10.9. The molecule has 1 N–H and O–H groups in total. The summed E-state index contributed by atoms with van der Waals surface area (Å²) in [5.41, 5.74) is 0. The van der Waals surface area contributed by atoms with Gasteiger partial charge >= 0.3 is 5.97 Å². The molecule has 19 heavy (non-hydrogen) atoms. The molecule has 0 aromatic carbocycles. The van der Waals surface area contributed by atoms with E-state index >= 15 is 0 Å². The van der Waals surface area contributed by atoms with Crippen LogP contribution in [0.3, 0.4) is 0 Å². The van der Waals surface area contributed by atoms with Crippen LogP contribution in [0.2, 0.25) is 0 Å². The number of rotatable bonds is 5. The Hall–Kier alpha value is -1.43. The summed E-state index contributed by atoms with van der Waals surface area (Å²) in [7, 11) is 1.65. The van der Waals surface area contributed by atoms with Gasteiger partial charge in [0.25, 0.3) is 0 Å². The largest absolute Gasteiger partial charge is 0.481 e. The van der Waals surface area contributed by atoms with Gasteiger partial charge in [0.1, 0.15) is 12.4 Å². The summed E-state index contributed by atoms with van der Waals surface area (Å²) in [6.45, 7) is 3.27. The van der Waals surface area contributed by atoms with Gasteiger partial charge in [0.05, 0.1) is 5.92 Å². The zero-order valence-corrected chi connectivity index (χ0v) is 11.5. The van der Waals surface area contributed by atoms with Gasteiger partial charge in [-0.05, 0) is 38.5 Å². The van der Waals surface area contributed by atoms with E-state index in [1.165, 1.54) is 0 Å². The molecule has 106 valence electrons. The number of aliphatic carboxylic acids is 1. The molecule has 1 aromatic rings. The highest BCUT2D eigenvalue weighted by molar-refractivity contribution is 5.69. The Kier molecular flexibility index (Phi) is 4.52. The Morgan fingerprint density at radius 2 is 2.05 bits per heavy atom. The number of ether oxygens (including phenoxy) is 1. The lowest BCUT2D eigenvalue weighted by molar-refractivity contribution is -0.143. The molecule has 6 nitrogen and oxygen atoms in total. The smallest absolute Gasteiger partial charge is 0.306 e. The SMILES string of the molecule is COCc1nnc(C)n1CC1CCC(C(=O)O)CC1. The summed E-state index contributed by atoms with van der Waals surface area (Å²) in [5.74, 6) is 1.45. The molecule has 0 amide bonds. The van der Waals surface area contributed by atoms with Gasteiger partial charge in [-0.1, -0.05) is 0 Å². The van der Waals surface area contributed by atoms with Crippen LogP contribution >= 0.6 is 0 Å². The van der Waals surface area contributed by atoms with E-state index in [1.807, 2.05) is 6.92 Å². The van der Waals surface area contributed by atoms with E-state index in [1.54, 1.807) is 7.11 Å². The molecule has 0 bridgehead atoms. The van der Waals surface area contributed by atoms with E-state index < -0.39 is 5.97 Å². The van der Waals surface area contributed by atoms with Crippen LogP contribution in [0.5, 0.6) is 0 Å². The van der Waals surface area contributed by atoms with E-state index in [9.17, 15) is 4.79 Å². The molecule has 1 fully saturated rings. The first-order valence-electron chi connectivity index (χ1n) is 6.72. The van der Waals surface area contributed by atoms with Crippen molar-refractivity contribution in [2.75, 3.05) is 7.11 Å². The molecular formula is C13H21N3O3. The Morgan fingerprint density at radius 3 is 2.63 bits per heavy atom. The zero-order valence-electron chi connectivity index (χ0n) is 11.5. The number of hydrogen-bond donors (Lipinski definition) is 1. The monoisotopic (exact) mass is 267 g/mol. The number of aryl methyl sites for hydroxylation is 1. The fourth-order valence-electron chi connectivity index (χ4n) is 2.75. The van der Waals surface area contributed by atoms with Gasteiger partial charge in [0.2, 0.25) is 0 Å². The van der Waals surface area contributed by atoms with Crippen LogP contribution in [0.25, 0.3) is 0 Å². The van der Waals surface area contributed by atoms with Crippen LogP contribution in [0.4, 0.5) is 0 Å². The number of methoxy groups -OCH3 is 1. The predicted molar refractivity (Wildman–Crippen MR) is 68.6 cm³/mol. The van der Waals surface area contributed by atoms with Crippen molar-refractivity contribution >= 4 is 5.97 Å². The van der Waals surface area contributed by atoms with Crippen LogP contribution in [-0.2, 0) is 22.7 Å². The molecule has 1 heterocycles. The molecule has 1 aromatic heterocycles. The molecule has 1 aliphatic rings. The summed E-state index contributed by atoms with van der Waals surface area (Å²) >= 11 is 0. The van der Waals surface area contributed by atoms with Crippen molar-refractivity contribution in [3.05, 3.63) is 11.6 Å². The molecule has 1 saturated carbocycles. The number of carbonyl (C=O) groups is 1. The fraction of sp³-hybridized carbons (Fsp3) is 0.769. The molecule has 0 unspecified atom stereocenters. The van der Waals surface area contributed by atoms with Crippen molar-refractivity contribution in [1.82, 2.24) is 14.8 Å². The lowest BCUT2D eigenvalue weighted by Gasteiger charge is -2.26. The van der Waals surface area contributed by atoms with Crippen molar-refractivity contribution in [1.29, 1.82) is 0 Å². The maximum atomic E-state index is 10.9. The van der Waals surface area contributed by atoms with Crippen molar-refractivity contribution < 1.29 is 14.6 Å². The quantitative estimate of drug-likeness (QED) is 0.877. The minimum atomic E-state index is -0.654. The normalized spacial score (nSPS) is 23.5. The van der Waals surface area contributed by atoms with Crippen molar-refractivity contribution in [3.8, 4) is 0 Å². The molecule has 6 heteroatoms. The van der Waals surface area contributed by atoms with Gasteiger partial charge in [-0.3, -0.25) is 4.79 Å². The van der Waals surface area contributed by atoms with Gasteiger partial charge in [-0.25, -0.2) is 0 Å². The molecule has 0 radical (unpaired) electrons. The maximum Gasteiger partial charge on any atom is 0.306 e. The summed E-state index contributed by atoms with van der Waals surface area (Å²) in [6.07, 6.45) is 3.48. The van der Waals surface area contributed by atoms with E-state index in [4.69, 9.17) is 9.84 Å². The average molecular weight is 267 g/mol. The molecule has 2 rings (SSSR count). The first-order valence-corrected chi connectivity index (χ1v) is 6.72. The molecule has 0 spiro atoms. The van der Waals surface area contributed by atoms with E-state index in [0.717, 1.165) is 43.9 Å². The van der Waals surface area contributed by atoms with E-state index in [0.29, 0.717) is 12.5 Å². The minimum absolute atomic E-state index is 0.156. The van der Waals surface area contributed by atoms with Crippen molar-refractivity contribution in [2.24, 2.45) is 11.8 Å². The van der Waals surface area contributed by atoms with Crippen LogP contribution in [0, 0.1) is 18.8 Å². The van der Waals surface area contributed by atoms with E-state index in [-0.39, 0.29) is 5.92 Å². The highest BCUT2D eigenvalue weighted by Gasteiger charge is 2.26. The number of aromatic nitrogens is 3. The Bertz CT molecular complexity index is 436. The molecule has 0 saturated heterocycles. The number of hydrogen-bond acceptors (Lipinski definition) is 4. The van der Waals surface area contributed by atoms with Crippen molar-refractivity contribution in [3.63, 3.8) is 0 Å². The van der Waals surface area contributed by atoms with Crippen LogP contribution in [0.1, 0.15) is 37.3 Å². The summed E-state index contributed by atoms with van der Waals surface area (Å²) < 4.78 is 7.21. The summed E-state index contributed by atoms with van der Waals surface area (Å²) in [6, 6.07) is 0. The number of nitrogens with zero attached hydrogens (tertiary/aromatic N) is 3. The second-order valence-electron chi connectivity index (χ2n) is 5.26. The zero-order chi connectivity index (χ0) is 13.8. The third kappa shape index (κ3) is 3.32. The first-order chi connectivity index (χ1) is 9.11. The summed E-state index contributed by atoms with van der Waals surface area (Å²) in [5, 5.41) is 17.2. The predicted octanol–water partition coefficient (Wildman–Crippen LogP) is 1.62. The standard InChI is InChI=1S/C13H21N3O3/c1-9-14-15-12(8-19-2)16(9)7-10-3-5-11(6-4-10)13(17)18/h10-11H,3-8H2,1-2H3,(H,17,18). The average Bonchev–Trinajstić information content (AvgIpc) is 2.73. The van der Waals surface area contributed by atoms with E-state index in [2.05, 4.69) is 14.8 Å². The third-order valence-corrected chi connectivity index (χ3v) is 3.92. The van der Waals surface area contributed by atoms with Gasteiger partial charge < -0.3 is 14.4 Å². The molecular weight excluding hydrogens is 246 g/mol. The molecule has 0 atom stereocenters. The topological polar surface area (TPSA) is 77.2 Å². The lowest BCUT2D eigenvalue weighted by Crippen LogP contribution is -2.24. The molecule has 0 aliphatic heterocycles. The Morgan fingerprint density at radius 1 is 1.37 bits per heavy atom. The minimum Gasteiger partial charge on any atom is -0.481 e. The Balaban J connectivity index is 1.95. The Labute approximate surface area is 112 Å². The van der Waals surface area contributed by atoms with Crippen LogP contribution in [-0.4, -0.2) is 33.0 Å².